The van der Waals surface area contributed by atoms with Gasteiger partial charge in [-0.05, 0) is 12.1 Å². The molecule has 0 amide bonds. The summed E-state index contributed by atoms with van der Waals surface area (Å²) in [5, 5.41) is 8.21. The number of nitrogens with zero attached hydrogens (tertiary/aromatic N) is 3. The fourth-order valence-electron chi connectivity index (χ4n) is 2.15. The molecule has 0 atom stereocenters. The molecular formula is C20H15N3O. The number of hydrogen-bond acceptors (Lipinski definition) is 4. The van der Waals surface area contributed by atoms with E-state index in [0.717, 1.165) is 5.56 Å². The zero-order valence-corrected chi connectivity index (χ0v) is 12.9. The zero-order valence-electron chi connectivity index (χ0n) is 12.9. The number of ketones is 1. The van der Waals surface area contributed by atoms with Crippen molar-refractivity contribution in [2.45, 2.75) is 0 Å². The average Bonchev–Trinajstić information content (AvgIpc) is 2.67. The molecule has 0 saturated carbocycles. The van der Waals surface area contributed by atoms with Crippen LogP contribution in [-0.4, -0.2) is 22.7 Å². The lowest BCUT2D eigenvalue weighted by molar-refractivity contribution is 0.106. The van der Waals surface area contributed by atoms with Gasteiger partial charge in [-0.2, -0.15) is 5.10 Å². The molecule has 0 saturated heterocycles. The molecule has 116 valence electrons. The summed E-state index contributed by atoms with van der Waals surface area (Å²) in [7, 11) is 0. The van der Waals surface area contributed by atoms with Gasteiger partial charge in [0.15, 0.2) is 0 Å². The SMILES string of the molecule is O=C(/C(=N\N=C/c1ccccn1)c1ccccc1)c1ccccc1. The second kappa shape index (κ2) is 7.74. The Balaban J connectivity index is 1.95. The topological polar surface area (TPSA) is 54.7 Å². The van der Waals surface area contributed by atoms with Crippen LogP contribution < -0.4 is 0 Å². The van der Waals surface area contributed by atoms with Gasteiger partial charge < -0.3 is 0 Å². The molecule has 0 radical (unpaired) electrons. The van der Waals surface area contributed by atoms with E-state index in [1.54, 1.807) is 18.3 Å². The summed E-state index contributed by atoms with van der Waals surface area (Å²) in [5.41, 5.74) is 2.28. The fourth-order valence-corrected chi connectivity index (χ4v) is 2.15. The summed E-state index contributed by atoms with van der Waals surface area (Å²) in [6, 6.07) is 23.9. The summed E-state index contributed by atoms with van der Waals surface area (Å²) in [6.45, 7) is 0. The van der Waals surface area contributed by atoms with E-state index in [9.17, 15) is 4.79 Å². The van der Waals surface area contributed by atoms with Gasteiger partial charge in [0.1, 0.15) is 5.71 Å². The lowest BCUT2D eigenvalue weighted by Crippen LogP contribution is -2.15. The van der Waals surface area contributed by atoms with E-state index >= 15 is 0 Å². The molecule has 0 spiro atoms. The Labute approximate surface area is 140 Å². The monoisotopic (exact) mass is 313 g/mol. The van der Waals surface area contributed by atoms with Crippen LogP contribution in [0.5, 0.6) is 0 Å². The Bertz CT molecular complexity index is 857. The van der Waals surface area contributed by atoms with Crippen LogP contribution >= 0.6 is 0 Å². The highest BCUT2D eigenvalue weighted by Crippen LogP contribution is 2.09. The Morgan fingerprint density at radius 1 is 0.792 bits per heavy atom. The van der Waals surface area contributed by atoms with Gasteiger partial charge in [-0.1, -0.05) is 66.7 Å². The number of aromatic nitrogens is 1. The third-order valence-electron chi connectivity index (χ3n) is 3.33. The fraction of sp³-hybridized carbons (Fsp3) is 0. The van der Waals surface area contributed by atoms with Crippen LogP contribution in [0.1, 0.15) is 21.6 Å². The highest BCUT2D eigenvalue weighted by molar-refractivity contribution is 6.51. The summed E-state index contributed by atoms with van der Waals surface area (Å²) in [6.07, 6.45) is 3.21. The van der Waals surface area contributed by atoms with E-state index in [0.29, 0.717) is 17.0 Å². The van der Waals surface area contributed by atoms with Gasteiger partial charge in [-0.15, -0.1) is 5.10 Å². The van der Waals surface area contributed by atoms with E-state index in [4.69, 9.17) is 0 Å². The first-order chi connectivity index (χ1) is 11.8. The first kappa shape index (κ1) is 15.5. The van der Waals surface area contributed by atoms with Crippen LogP contribution in [0.15, 0.2) is 95.3 Å². The van der Waals surface area contributed by atoms with Crippen LogP contribution in [0.3, 0.4) is 0 Å². The van der Waals surface area contributed by atoms with Crippen molar-refractivity contribution in [2.24, 2.45) is 10.2 Å². The van der Waals surface area contributed by atoms with Crippen LogP contribution in [0.4, 0.5) is 0 Å². The Morgan fingerprint density at radius 2 is 1.42 bits per heavy atom. The summed E-state index contributed by atoms with van der Waals surface area (Å²) >= 11 is 0. The molecule has 0 aliphatic rings. The van der Waals surface area contributed by atoms with Crippen LogP contribution in [0, 0.1) is 0 Å². The maximum absolute atomic E-state index is 12.8. The number of carbonyl (C=O) groups is 1. The quantitative estimate of drug-likeness (QED) is 0.409. The van der Waals surface area contributed by atoms with E-state index in [1.807, 2.05) is 66.7 Å². The summed E-state index contributed by atoms with van der Waals surface area (Å²) in [4.78, 5) is 16.9. The molecular weight excluding hydrogens is 298 g/mol. The molecule has 0 N–H and O–H groups in total. The van der Waals surface area contributed by atoms with Gasteiger partial charge in [-0.25, -0.2) is 0 Å². The van der Waals surface area contributed by atoms with E-state index in [-0.39, 0.29) is 5.78 Å². The number of pyridine rings is 1. The number of rotatable bonds is 5. The minimum atomic E-state index is -0.167. The zero-order chi connectivity index (χ0) is 16.6. The predicted molar refractivity (Wildman–Crippen MR) is 95.6 cm³/mol. The van der Waals surface area contributed by atoms with Crippen molar-refractivity contribution < 1.29 is 4.79 Å². The number of carbonyl (C=O) groups excluding carboxylic acids is 1. The van der Waals surface area contributed by atoms with E-state index in [1.165, 1.54) is 6.21 Å². The van der Waals surface area contributed by atoms with Crippen LogP contribution in [0.2, 0.25) is 0 Å². The Hall–Kier alpha value is -3.40. The standard InChI is InChI=1S/C20H15N3O/c24-20(17-11-5-2-6-12-17)19(16-9-3-1-4-10-16)23-22-15-18-13-7-8-14-21-18/h1-15H/b22-15-,23-19-. The largest absolute Gasteiger partial charge is 0.287 e. The molecule has 4 heteroatoms. The number of Topliss-reactive ketones (excluding diaryl/α,β-unsaturated/α-hetero) is 1. The lowest BCUT2D eigenvalue weighted by Gasteiger charge is -2.04. The Kier molecular flexibility index (Phi) is 5.00. The minimum Gasteiger partial charge on any atom is -0.287 e. The molecule has 3 rings (SSSR count). The highest BCUT2D eigenvalue weighted by Gasteiger charge is 2.15. The third-order valence-corrected chi connectivity index (χ3v) is 3.33. The van der Waals surface area contributed by atoms with Gasteiger partial charge in [0.2, 0.25) is 5.78 Å². The molecule has 0 fully saturated rings. The maximum Gasteiger partial charge on any atom is 0.213 e. The first-order valence-electron chi connectivity index (χ1n) is 7.52. The van der Waals surface area contributed by atoms with Crippen molar-refractivity contribution in [3.05, 3.63) is 102 Å². The smallest absolute Gasteiger partial charge is 0.213 e. The number of hydrogen-bond donors (Lipinski definition) is 0. The van der Waals surface area contributed by atoms with Gasteiger partial charge in [-0.3, -0.25) is 9.78 Å². The highest BCUT2D eigenvalue weighted by atomic mass is 16.1. The van der Waals surface area contributed by atoms with Crippen molar-refractivity contribution >= 4 is 17.7 Å². The normalized spacial score (nSPS) is 11.6. The third kappa shape index (κ3) is 3.87. The van der Waals surface area contributed by atoms with E-state index in [2.05, 4.69) is 15.2 Å². The molecule has 24 heavy (non-hydrogen) atoms. The molecule has 0 unspecified atom stereocenters. The van der Waals surface area contributed by atoms with E-state index < -0.39 is 0 Å². The summed E-state index contributed by atoms with van der Waals surface area (Å²) < 4.78 is 0. The van der Waals surface area contributed by atoms with Gasteiger partial charge in [0.25, 0.3) is 0 Å². The molecule has 4 nitrogen and oxygen atoms in total. The van der Waals surface area contributed by atoms with Gasteiger partial charge >= 0.3 is 0 Å². The molecule has 3 aromatic rings. The maximum atomic E-state index is 12.8. The van der Waals surface area contributed by atoms with Crippen molar-refractivity contribution in [1.29, 1.82) is 0 Å². The molecule has 0 aliphatic carbocycles. The molecule has 1 heterocycles. The minimum absolute atomic E-state index is 0.167. The average molecular weight is 313 g/mol. The van der Waals surface area contributed by atoms with Gasteiger partial charge in [0.05, 0.1) is 11.9 Å². The first-order valence-corrected chi connectivity index (χ1v) is 7.52. The number of benzene rings is 2. The Morgan fingerprint density at radius 3 is 2.04 bits per heavy atom. The van der Waals surface area contributed by atoms with Crippen molar-refractivity contribution in [1.82, 2.24) is 4.98 Å². The second-order valence-corrected chi connectivity index (χ2v) is 5.01. The van der Waals surface area contributed by atoms with Crippen LogP contribution in [0.25, 0.3) is 0 Å². The molecule has 0 aliphatic heterocycles. The van der Waals surface area contributed by atoms with Crippen LogP contribution in [-0.2, 0) is 0 Å². The molecule has 2 aromatic carbocycles. The lowest BCUT2D eigenvalue weighted by atomic mass is 10.0. The van der Waals surface area contributed by atoms with Gasteiger partial charge in [0, 0.05) is 17.3 Å². The molecule has 0 bridgehead atoms. The van der Waals surface area contributed by atoms with Crippen molar-refractivity contribution in [3.8, 4) is 0 Å². The predicted octanol–water partition coefficient (Wildman–Crippen LogP) is 3.79. The second-order valence-electron chi connectivity index (χ2n) is 5.01. The molecule has 1 aromatic heterocycles. The van der Waals surface area contributed by atoms with Crippen molar-refractivity contribution in [3.63, 3.8) is 0 Å². The summed E-state index contributed by atoms with van der Waals surface area (Å²) in [5.74, 6) is -0.167. The van der Waals surface area contributed by atoms with Crippen molar-refractivity contribution in [2.75, 3.05) is 0 Å².